The third-order valence-electron chi connectivity index (χ3n) is 9.22. The second-order valence-electron chi connectivity index (χ2n) is 15.6. The molecule has 8 nitrogen and oxygen atoms in total. The number of carboxylic acids is 1. The summed E-state index contributed by atoms with van der Waals surface area (Å²) >= 11 is 0. The van der Waals surface area contributed by atoms with E-state index >= 15 is 0 Å². The molecule has 0 aromatic heterocycles. The van der Waals surface area contributed by atoms with Gasteiger partial charge in [-0.15, -0.1) is 0 Å². The van der Waals surface area contributed by atoms with Crippen LogP contribution in [-0.4, -0.2) is 80.6 Å². The van der Waals surface area contributed by atoms with Crippen LogP contribution in [0.1, 0.15) is 149 Å². The summed E-state index contributed by atoms with van der Waals surface area (Å²) in [4.78, 5) is 36.9. The van der Waals surface area contributed by atoms with Crippen molar-refractivity contribution in [2.45, 2.75) is 161 Å². The summed E-state index contributed by atoms with van der Waals surface area (Å²) in [5, 5.41) is 9.61. The van der Waals surface area contributed by atoms with Crippen LogP contribution in [0.3, 0.4) is 0 Å². The van der Waals surface area contributed by atoms with Crippen LogP contribution in [0.2, 0.25) is 0 Å². The third-order valence-corrected chi connectivity index (χ3v) is 9.22. The summed E-state index contributed by atoms with van der Waals surface area (Å²) in [6, 6.07) is -0.629. The lowest BCUT2D eigenvalue weighted by molar-refractivity contribution is -0.887. The van der Waals surface area contributed by atoms with Gasteiger partial charge in [0.2, 0.25) is 0 Å². The number of ether oxygens (including phenoxy) is 3. The van der Waals surface area contributed by atoms with Crippen molar-refractivity contribution in [2.24, 2.45) is 0 Å². The second kappa shape index (κ2) is 40.0. The van der Waals surface area contributed by atoms with E-state index in [2.05, 4.69) is 111 Å². The first kappa shape index (κ1) is 54.2. The Morgan fingerprint density at radius 2 is 0.983 bits per heavy atom. The van der Waals surface area contributed by atoms with E-state index in [4.69, 9.17) is 14.2 Å². The molecule has 0 spiro atoms. The Labute approximate surface area is 354 Å². The van der Waals surface area contributed by atoms with E-state index in [9.17, 15) is 19.5 Å². The number of hydrogen-bond acceptors (Lipinski definition) is 6. The lowest BCUT2D eigenvalue weighted by Gasteiger charge is -2.31. The SMILES string of the molecule is CC/C=C/C/C=C/C/C=C/C/C=C/C/C=C/C/C=C/C/C=C/CCCC(=O)OCC(COCCC(C(=O)O)[N+](C)(C)C)OC(=O)CCCCCCC/C=C/CCCC. The summed E-state index contributed by atoms with van der Waals surface area (Å²) < 4.78 is 17.2. The summed E-state index contributed by atoms with van der Waals surface area (Å²) in [6.45, 7) is 4.49. The number of likely N-dealkylation sites (N-methyl/N-ethyl adjacent to an activating group) is 1. The van der Waals surface area contributed by atoms with Gasteiger partial charge in [-0.3, -0.25) is 9.59 Å². The molecular weight excluding hydrogens is 727 g/mol. The molecule has 2 unspecified atom stereocenters. The zero-order valence-electron chi connectivity index (χ0n) is 37.2. The van der Waals surface area contributed by atoms with Crippen LogP contribution in [0.5, 0.6) is 0 Å². The number of carbonyl (C=O) groups is 3. The molecule has 0 saturated carbocycles. The van der Waals surface area contributed by atoms with Crippen LogP contribution in [0.15, 0.2) is 97.2 Å². The van der Waals surface area contributed by atoms with Gasteiger partial charge in [-0.1, -0.05) is 143 Å². The zero-order chi connectivity index (χ0) is 42.8. The molecule has 8 heteroatoms. The molecule has 1 N–H and O–H groups in total. The Morgan fingerprint density at radius 3 is 1.50 bits per heavy atom. The Bertz CT molecular complexity index is 1260. The van der Waals surface area contributed by atoms with E-state index in [-0.39, 0.29) is 42.7 Å². The van der Waals surface area contributed by atoms with Gasteiger partial charge in [0, 0.05) is 19.3 Å². The predicted molar refractivity (Wildman–Crippen MR) is 243 cm³/mol. The molecule has 328 valence electrons. The lowest BCUT2D eigenvalue weighted by Crippen LogP contribution is -2.50. The Balaban J connectivity index is 4.42. The molecule has 2 atom stereocenters. The van der Waals surface area contributed by atoms with Gasteiger partial charge < -0.3 is 23.8 Å². The molecule has 0 aliphatic heterocycles. The van der Waals surface area contributed by atoms with E-state index in [1.54, 1.807) is 0 Å². The minimum atomic E-state index is -0.889. The van der Waals surface area contributed by atoms with Crippen molar-refractivity contribution in [3.63, 3.8) is 0 Å². The van der Waals surface area contributed by atoms with Crippen LogP contribution in [0.4, 0.5) is 0 Å². The number of hydrogen-bond donors (Lipinski definition) is 1. The van der Waals surface area contributed by atoms with Gasteiger partial charge in [-0.25, -0.2) is 4.79 Å². The van der Waals surface area contributed by atoms with Crippen LogP contribution >= 0.6 is 0 Å². The highest BCUT2D eigenvalue weighted by Crippen LogP contribution is 2.12. The maximum absolute atomic E-state index is 12.7. The maximum Gasteiger partial charge on any atom is 0.362 e. The Kier molecular flexibility index (Phi) is 37.5. The summed E-state index contributed by atoms with van der Waals surface area (Å²) in [5.41, 5.74) is 0. The molecule has 0 heterocycles. The van der Waals surface area contributed by atoms with Gasteiger partial charge >= 0.3 is 17.9 Å². The molecule has 0 aliphatic rings. The minimum absolute atomic E-state index is 0.0333. The average molecular weight is 809 g/mol. The standard InChI is InChI=1S/C50H81NO7/c1-6-8-10-12-14-16-18-19-20-21-22-23-24-25-26-27-28-29-31-32-34-36-38-40-48(52)57-45-46(44-56-43-42-47(50(54)55)51(3,4)5)58-49(53)41-39-37-35-33-30-17-15-13-11-9-7-2/h8,10,13-16,19-20,22-23,25-26,28-29,32,34,46-47H,6-7,9,11-12,17-18,21,24,27,30-31,33,35-45H2,1-5H3/p+1/b10-8+,15-13+,16-14+,20-19+,23-22+,26-25+,29-28+,34-32+. The molecule has 58 heavy (non-hydrogen) atoms. The molecule has 0 fully saturated rings. The van der Waals surface area contributed by atoms with Gasteiger partial charge in [0.1, 0.15) is 6.61 Å². The number of unbranched alkanes of at least 4 members (excludes halogenated alkanes) is 8. The average Bonchev–Trinajstić information content (AvgIpc) is 3.18. The number of carbonyl (C=O) groups excluding carboxylic acids is 2. The van der Waals surface area contributed by atoms with Crippen molar-refractivity contribution in [3.8, 4) is 0 Å². The van der Waals surface area contributed by atoms with E-state index in [1.807, 2.05) is 21.1 Å². The quantitative estimate of drug-likeness (QED) is 0.0287. The molecule has 0 amide bonds. The second-order valence-corrected chi connectivity index (χ2v) is 15.6. The summed E-state index contributed by atoms with van der Waals surface area (Å²) in [6.07, 6.45) is 53.2. The molecule has 0 aromatic carbocycles. The number of quaternary nitrogens is 1. The normalized spacial score (nSPS) is 13.9. The Hall–Kier alpha value is -3.75. The Morgan fingerprint density at radius 1 is 0.534 bits per heavy atom. The molecule has 0 saturated heterocycles. The maximum atomic E-state index is 12.7. The van der Waals surface area contributed by atoms with Crippen molar-refractivity contribution in [3.05, 3.63) is 97.2 Å². The van der Waals surface area contributed by atoms with Gasteiger partial charge in [0.05, 0.1) is 34.4 Å². The van der Waals surface area contributed by atoms with Crippen molar-refractivity contribution in [1.29, 1.82) is 0 Å². The monoisotopic (exact) mass is 809 g/mol. The van der Waals surface area contributed by atoms with E-state index < -0.39 is 18.1 Å². The number of allylic oxidation sites excluding steroid dienone is 16. The fourth-order valence-electron chi connectivity index (χ4n) is 5.77. The largest absolute Gasteiger partial charge is 0.477 e. The van der Waals surface area contributed by atoms with Crippen molar-refractivity contribution in [2.75, 3.05) is 41.0 Å². The highest BCUT2D eigenvalue weighted by molar-refractivity contribution is 5.72. The summed E-state index contributed by atoms with van der Waals surface area (Å²) in [7, 11) is 5.49. The first-order valence-corrected chi connectivity index (χ1v) is 22.3. The minimum Gasteiger partial charge on any atom is -0.477 e. The van der Waals surface area contributed by atoms with Gasteiger partial charge in [-0.2, -0.15) is 0 Å². The predicted octanol–water partition coefficient (Wildman–Crippen LogP) is 12.3. The molecular formula is C50H82NO7+. The highest BCUT2D eigenvalue weighted by atomic mass is 16.6. The molecule has 0 aliphatic carbocycles. The van der Waals surface area contributed by atoms with Gasteiger partial charge in [-0.05, 0) is 83.5 Å². The highest BCUT2D eigenvalue weighted by Gasteiger charge is 2.31. The number of carboxylic acid groups (broad SMARTS) is 1. The lowest BCUT2D eigenvalue weighted by atomic mass is 10.1. The van der Waals surface area contributed by atoms with E-state index in [0.29, 0.717) is 19.3 Å². The van der Waals surface area contributed by atoms with Crippen molar-refractivity contribution in [1.82, 2.24) is 0 Å². The van der Waals surface area contributed by atoms with Crippen LogP contribution < -0.4 is 0 Å². The molecule has 0 bridgehead atoms. The number of esters is 2. The molecule has 0 rings (SSSR count). The van der Waals surface area contributed by atoms with Gasteiger partial charge in [0.15, 0.2) is 12.1 Å². The van der Waals surface area contributed by atoms with E-state index in [1.165, 1.54) is 12.8 Å². The van der Waals surface area contributed by atoms with E-state index in [0.717, 1.165) is 96.3 Å². The topological polar surface area (TPSA) is 99.1 Å². The van der Waals surface area contributed by atoms with Crippen LogP contribution in [0.25, 0.3) is 0 Å². The number of aliphatic carboxylic acids is 1. The number of rotatable bonds is 38. The fraction of sp³-hybridized carbons (Fsp3) is 0.620. The third kappa shape index (κ3) is 37.8. The van der Waals surface area contributed by atoms with Crippen molar-refractivity contribution >= 4 is 17.9 Å². The van der Waals surface area contributed by atoms with Gasteiger partial charge in [0.25, 0.3) is 0 Å². The number of nitrogens with zero attached hydrogens (tertiary/aromatic N) is 1. The molecule has 0 aromatic rings. The zero-order valence-corrected chi connectivity index (χ0v) is 37.2. The summed E-state index contributed by atoms with van der Waals surface area (Å²) in [5.74, 6) is -1.57. The van der Waals surface area contributed by atoms with Crippen molar-refractivity contribution < 1.29 is 38.2 Å². The first-order valence-electron chi connectivity index (χ1n) is 22.3. The van der Waals surface area contributed by atoms with Crippen LogP contribution in [0, 0.1) is 0 Å². The molecule has 0 radical (unpaired) electrons. The van der Waals surface area contributed by atoms with Crippen LogP contribution in [-0.2, 0) is 28.6 Å². The fourth-order valence-corrected chi connectivity index (χ4v) is 5.77. The smallest absolute Gasteiger partial charge is 0.362 e. The first-order chi connectivity index (χ1) is 28.1.